The van der Waals surface area contributed by atoms with E-state index in [4.69, 9.17) is 19.7 Å². The van der Waals surface area contributed by atoms with Gasteiger partial charge < -0.3 is 4.74 Å². The molecule has 52 heavy (non-hydrogen) atoms. The highest BCUT2D eigenvalue weighted by molar-refractivity contribution is 6.04. The molecule has 0 spiro atoms. The molecular formula is C48H33N3O. The molecule has 2 aliphatic rings. The van der Waals surface area contributed by atoms with Gasteiger partial charge in [0.15, 0.2) is 17.5 Å². The number of nitrogens with zero attached hydrogens (tertiary/aromatic N) is 3. The van der Waals surface area contributed by atoms with E-state index in [9.17, 15) is 0 Å². The third kappa shape index (κ3) is 4.95. The van der Waals surface area contributed by atoms with E-state index in [0.717, 1.165) is 38.8 Å². The number of hydrogen-bond acceptors (Lipinski definition) is 4. The second-order valence-corrected chi connectivity index (χ2v) is 13.8. The molecule has 0 fully saturated rings. The second kappa shape index (κ2) is 12.0. The van der Waals surface area contributed by atoms with E-state index >= 15 is 0 Å². The Hall–Kier alpha value is -6.65. The first-order valence-corrected chi connectivity index (χ1v) is 17.7. The van der Waals surface area contributed by atoms with Crippen LogP contribution >= 0.6 is 0 Å². The van der Waals surface area contributed by atoms with E-state index < -0.39 is 5.41 Å². The molecule has 8 aromatic rings. The molecule has 2 atom stereocenters. The Morgan fingerprint density at radius 2 is 1.13 bits per heavy atom. The van der Waals surface area contributed by atoms with E-state index in [1.54, 1.807) is 0 Å². The number of aromatic nitrogens is 3. The summed E-state index contributed by atoms with van der Waals surface area (Å²) in [6.07, 6.45) is 6.61. The fourth-order valence-corrected chi connectivity index (χ4v) is 7.97. The van der Waals surface area contributed by atoms with Gasteiger partial charge in [-0.15, -0.1) is 0 Å². The van der Waals surface area contributed by atoms with Gasteiger partial charge in [0.25, 0.3) is 0 Å². The van der Waals surface area contributed by atoms with E-state index in [2.05, 4.69) is 159 Å². The maximum absolute atomic E-state index is 6.67. The predicted molar refractivity (Wildman–Crippen MR) is 212 cm³/mol. The molecule has 1 aliphatic heterocycles. The molecule has 2 heterocycles. The zero-order valence-electron chi connectivity index (χ0n) is 28.6. The molecule has 0 saturated carbocycles. The van der Waals surface area contributed by atoms with Crippen molar-refractivity contribution < 1.29 is 4.74 Å². The predicted octanol–water partition coefficient (Wildman–Crippen LogP) is 11.5. The fraction of sp³-hybridized carbons (Fsp3) is 0.0625. The third-order valence-electron chi connectivity index (χ3n) is 10.6. The summed E-state index contributed by atoms with van der Waals surface area (Å²) in [5.74, 6) is 2.74. The van der Waals surface area contributed by atoms with Crippen LogP contribution in [-0.4, -0.2) is 21.1 Å². The van der Waals surface area contributed by atoms with Gasteiger partial charge in [0.05, 0.1) is 5.41 Å². The molecule has 0 radical (unpaired) electrons. The highest BCUT2D eigenvalue weighted by Crippen LogP contribution is 2.51. The lowest BCUT2D eigenvalue weighted by atomic mass is 9.72. The molecule has 0 amide bonds. The second-order valence-electron chi connectivity index (χ2n) is 13.8. The van der Waals surface area contributed by atoms with Crippen LogP contribution in [0.3, 0.4) is 0 Å². The van der Waals surface area contributed by atoms with Gasteiger partial charge in [-0.2, -0.15) is 0 Å². The first-order chi connectivity index (χ1) is 25.6. The van der Waals surface area contributed by atoms with Crippen LogP contribution in [0.5, 0.6) is 5.75 Å². The number of hydrogen-bond donors (Lipinski definition) is 0. The molecule has 1 aromatic heterocycles. The minimum absolute atomic E-state index is 0.155. The first kappa shape index (κ1) is 30.2. The lowest BCUT2D eigenvalue weighted by Gasteiger charge is -2.30. The molecule has 2 unspecified atom stereocenters. The molecule has 4 heteroatoms. The quantitative estimate of drug-likeness (QED) is 0.183. The molecule has 0 N–H and O–H groups in total. The molecule has 4 nitrogen and oxygen atoms in total. The summed E-state index contributed by atoms with van der Waals surface area (Å²) >= 11 is 0. The van der Waals surface area contributed by atoms with Gasteiger partial charge in [0, 0.05) is 22.3 Å². The number of benzene rings is 7. The molecule has 0 saturated heterocycles. The minimum Gasteiger partial charge on any atom is -0.485 e. The van der Waals surface area contributed by atoms with E-state index in [1.165, 1.54) is 33.0 Å². The van der Waals surface area contributed by atoms with Crippen LogP contribution in [0.4, 0.5) is 0 Å². The van der Waals surface area contributed by atoms with Crippen LogP contribution in [0, 0.1) is 0 Å². The molecule has 7 aromatic carbocycles. The summed E-state index contributed by atoms with van der Waals surface area (Å²) < 4.78 is 6.67. The van der Waals surface area contributed by atoms with Crippen molar-refractivity contribution in [1.29, 1.82) is 0 Å². The van der Waals surface area contributed by atoms with Crippen molar-refractivity contribution in [3.8, 4) is 51.0 Å². The van der Waals surface area contributed by atoms with Crippen molar-refractivity contribution in [1.82, 2.24) is 15.0 Å². The lowest BCUT2D eigenvalue weighted by molar-refractivity contribution is 0.228. The fourth-order valence-electron chi connectivity index (χ4n) is 7.97. The van der Waals surface area contributed by atoms with Crippen molar-refractivity contribution in [3.63, 3.8) is 0 Å². The minimum atomic E-state index is -0.453. The number of rotatable bonds is 5. The van der Waals surface area contributed by atoms with Gasteiger partial charge in [-0.3, -0.25) is 0 Å². The van der Waals surface area contributed by atoms with Gasteiger partial charge in [0.2, 0.25) is 0 Å². The zero-order valence-corrected chi connectivity index (χ0v) is 28.6. The SMILES string of the molecule is CC12C=C(c3ccc4ccccc4c3)C=CC1Oc1cccc(-c3nc(-c4ccccc4)nc(-c4ccc(-c5ccccc5)c5ccccc45)n3)c12. The van der Waals surface area contributed by atoms with E-state index in [1.807, 2.05) is 24.3 Å². The Kier molecular flexibility index (Phi) is 6.97. The van der Waals surface area contributed by atoms with Gasteiger partial charge in [0.1, 0.15) is 11.9 Å². The Morgan fingerprint density at radius 3 is 1.92 bits per heavy atom. The summed E-state index contributed by atoms with van der Waals surface area (Å²) in [5.41, 5.74) is 8.17. The van der Waals surface area contributed by atoms with Gasteiger partial charge >= 0.3 is 0 Å². The van der Waals surface area contributed by atoms with Crippen LogP contribution in [-0.2, 0) is 5.41 Å². The highest BCUT2D eigenvalue weighted by Gasteiger charge is 2.46. The van der Waals surface area contributed by atoms with Crippen molar-refractivity contribution in [3.05, 3.63) is 187 Å². The van der Waals surface area contributed by atoms with Crippen LogP contribution in [0.2, 0.25) is 0 Å². The van der Waals surface area contributed by atoms with E-state index in [-0.39, 0.29) is 6.10 Å². The van der Waals surface area contributed by atoms with Crippen molar-refractivity contribution in [2.75, 3.05) is 0 Å². The summed E-state index contributed by atoms with van der Waals surface area (Å²) in [4.78, 5) is 15.6. The number of fused-ring (bicyclic) bond motifs is 5. The van der Waals surface area contributed by atoms with Crippen LogP contribution < -0.4 is 4.74 Å². The number of allylic oxidation sites excluding steroid dienone is 2. The summed E-state index contributed by atoms with van der Waals surface area (Å²) in [6.45, 7) is 2.27. The van der Waals surface area contributed by atoms with E-state index in [0.29, 0.717) is 17.5 Å². The largest absolute Gasteiger partial charge is 0.485 e. The monoisotopic (exact) mass is 667 g/mol. The van der Waals surface area contributed by atoms with Gasteiger partial charge in [-0.05, 0) is 75.0 Å². The molecule has 1 aliphatic carbocycles. The average Bonchev–Trinajstić information content (AvgIpc) is 3.52. The Balaban J connectivity index is 1.16. The average molecular weight is 668 g/mol. The van der Waals surface area contributed by atoms with Crippen molar-refractivity contribution >= 4 is 27.1 Å². The maximum Gasteiger partial charge on any atom is 0.164 e. The van der Waals surface area contributed by atoms with Crippen LogP contribution in [0.1, 0.15) is 18.1 Å². The Labute approximate surface area is 302 Å². The Morgan fingerprint density at radius 1 is 0.500 bits per heavy atom. The summed E-state index contributed by atoms with van der Waals surface area (Å²) in [5, 5.41) is 4.70. The molecular weight excluding hydrogens is 635 g/mol. The standard InChI is InChI=1S/C48H33N3O/c1-48-30-36(35-24-23-31-13-8-9-18-34(31)29-35)25-28-43(48)52-42-22-12-21-41(44(42)48)47-50-45(33-16-6-3-7-17-33)49-46(51-47)40-27-26-37(32-14-4-2-5-15-32)38-19-10-11-20-39(38)40/h2-30,43H,1H3. The molecule has 0 bridgehead atoms. The summed E-state index contributed by atoms with van der Waals surface area (Å²) in [7, 11) is 0. The lowest BCUT2D eigenvalue weighted by Crippen LogP contribution is -2.34. The van der Waals surface area contributed by atoms with Crippen LogP contribution in [0.25, 0.3) is 72.4 Å². The highest BCUT2D eigenvalue weighted by atomic mass is 16.5. The topological polar surface area (TPSA) is 47.9 Å². The number of ether oxygens (including phenoxy) is 1. The molecule has 246 valence electrons. The first-order valence-electron chi connectivity index (χ1n) is 17.7. The van der Waals surface area contributed by atoms with Gasteiger partial charge in [-0.25, -0.2) is 15.0 Å². The maximum atomic E-state index is 6.67. The smallest absolute Gasteiger partial charge is 0.164 e. The third-order valence-corrected chi connectivity index (χ3v) is 10.6. The van der Waals surface area contributed by atoms with Crippen molar-refractivity contribution in [2.45, 2.75) is 18.4 Å². The normalized spacial score (nSPS) is 17.4. The summed E-state index contributed by atoms with van der Waals surface area (Å²) in [6, 6.07) is 55.0. The van der Waals surface area contributed by atoms with Crippen molar-refractivity contribution in [2.24, 2.45) is 0 Å². The zero-order chi connectivity index (χ0) is 34.6. The molecule has 10 rings (SSSR count). The Bertz CT molecular complexity index is 2730. The van der Waals surface area contributed by atoms with Gasteiger partial charge in [-0.1, -0.05) is 152 Å². The van der Waals surface area contributed by atoms with Crippen LogP contribution in [0.15, 0.2) is 176 Å².